The van der Waals surface area contributed by atoms with E-state index in [1.807, 2.05) is 0 Å². The largest absolute Gasteiger partial charge is 0.454 e. The van der Waals surface area contributed by atoms with E-state index in [0.29, 0.717) is 28.4 Å². The Balaban J connectivity index is 1.50. The molecule has 0 bridgehead atoms. The van der Waals surface area contributed by atoms with E-state index in [0.717, 1.165) is 32.0 Å². The summed E-state index contributed by atoms with van der Waals surface area (Å²) in [6, 6.07) is 7.53. The lowest BCUT2D eigenvalue weighted by Crippen LogP contribution is -2.28. The van der Waals surface area contributed by atoms with Crippen LogP contribution in [-0.4, -0.2) is 27.9 Å². The molecule has 5 nitrogen and oxygen atoms in total. The third kappa shape index (κ3) is 3.69. The molecule has 1 atom stereocenters. The van der Waals surface area contributed by atoms with Gasteiger partial charge in [-0.3, -0.25) is 4.98 Å². The first-order chi connectivity index (χ1) is 15.5. The Hall–Kier alpha value is -3.46. The van der Waals surface area contributed by atoms with Crippen LogP contribution in [0.25, 0.3) is 16.6 Å². The lowest BCUT2D eigenvalue weighted by Gasteiger charge is -2.21. The van der Waals surface area contributed by atoms with Crippen molar-refractivity contribution in [3.63, 3.8) is 0 Å². The van der Waals surface area contributed by atoms with Gasteiger partial charge in [-0.25, -0.2) is 17.9 Å². The van der Waals surface area contributed by atoms with Crippen LogP contribution in [0.5, 0.6) is 11.5 Å². The molecule has 2 aromatic carbocycles. The van der Waals surface area contributed by atoms with E-state index in [1.54, 1.807) is 23.0 Å². The average Bonchev–Trinajstić information content (AvgIpc) is 3.19. The zero-order chi connectivity index (χ0) is 22.2. The normalized spacial score (nSPS) is 16.4. The van der Waals surface area contributed by atoms with Crippen LogP contribution in [0.2, 0.25) is 0 Å². The maximum atomic E-state index is 14.7. The van der Waals surface area contributed by atoms with E-state index in [2.05, 4.69) is 10.3 Å². The van der Waals surface area contributed by atoms with Crippen molar-refractivity contribution in [2.45, 2.75) is 18.8 Å². The summed E-state index contributed by atoms with van der Waals surface area (Å²) in [7, 11) is 0. The molecular formula is C23H18F4N4O. The number of halogens is 4. The van der Waals surface area contributed by atoms with Crippen molar-refractivity contribution in [3.8, 4) is 17.2 Å². The minimum Gasteiger partial charge on any atom is -0.454 e. The summed E-state index contributed by atoms with van der Waals surface area (Å²) in [5.41, 5.74) is 1.80. The minimum atomic E-state index is -1.33. The molecule has 0 radical (unpaired) electrons. The first kappa shape index (κ1) is 20.4. The highest BCUT2D eigenvalue weighted by molar-refractivity contribution is 5.84. The number of ether oxygens (including phenoxy) is 1. The van der Waals surface area contributed by atoms with E-state index < -0.39 is 29.0 Å². The summed E-state index contributed by atoms with van der Waals surface area (Å²) in [4.78, 5) is 3.97. The Kier molecular flexibility index (Phi) is 5.26. The number of hydrogen-bond acceptors (Lipinski definition) is 4. The molecule has 3 heterocycles. The number of aromatic nitrogens is 3. The lowest BCUT2D eigenvalue weighted by atomic mass is 9.94. The fraction of sp³-hybridized carbons (Fsp3) is 0.217. The quantitative estimate of drug-likeness (QED) is 0.347. The molecule has 1 aliphatic rings. The molecular weight excluding hydrogens is 424 g/mol. The summed E-state index contributed by atoms with van der Waals surface area (Å²) < 4.78 is 62.3. The van der Waals surface area contributed by atoms with Gasteiger partial charge < -0.3 is 10.1 Å². The van der Waals surface area contributed by atoms with Crippen molar-refractivity contribution in [3.05, 3.63) is 77.8 Å². The number of fused-ring (bicyclic) bond motifs is 1. The molecule has 0 aliphatic carbocycles. The monoisotopic (exact) mass is 442 g/mol. The van der Waals surface area contributed by atoms with Crippen molar-refractivity contribution >= 4 is 10.9 Å². The number of pyridine rings is 1. The summed E-state index contributed by atoms with van der Waals surface area (Å²) in [6.45, 7) is 1.65. The lowest BCUT2D eigenvalue weighted by molar-refractivity contribution is 0.408. The van der Waals surface area contributed by atoms with E-state index >= 15 is 0 Å². The number of hydrogen-bond donors (Lipinski definition) is 1. The van der Waals surface area contributed by atoms with Gasteiger partial charge in [-0.15, -0.1) is 0 Å². The zero-order valence-corrected chi connectivity index (χ0v) is 16.8. The molecule has 0 amide bonds. The maximum absolute atomic E-state index is 14.7. The Morgan fingerprint density at radius 3 is 2.56 bits per heavy atom. The van der Waals surface area contributed by atoms with Crippen LogP contribution < -0.4 is 10.1 Å². The highest BCUT2D eigenvalue weighted by Gasteiger charge is 2.24. The first-order valence-corrected chi connectivity index (χ1v) is 10.2. The fourth-order valence-electron chi connectivity index (χ4n) is 4.01. The van der Waals surface area contributed by atoms with Gasteiger partial charge in [0.05, 0.1) is 34.7 Å². The maximum Gasteiger partial charge on any atom is 0.201 e. The van der Waals surface area contributed by atoms with Crippen molar-refractivity contribution in [2.24, 2.45) is 0 Å². The van der Waals surface area contributed by atoms with Gasteiger partial charge in [0.1, 0.15) is 11.6 Å². The van der Waals surface area contributed by atoms with Gasteiger partial charge in [-0.1, -0.05) is 0 Å². The van der Waals surface area contributed by atoms with Gasteiger partial charge in [0, 0.05) is 24.6 Å². The topological polar surface area (TPSA) is 52.0 Å². The molecule has 0 saturated carbocycles. The number of nitrogens with zero attached hydrogens (tertiary/aromatic N) is 3. The van der Waals surface area contributed by atoms with Gasteiger partial charge in [0.25, 0.3) is 0 Å². The molecule has 2 aromatic heterocycles. The third-order valence-electron chi connectivity index (χ3n) is 5.52. The van der Waals surface area contributed by atoms with Gasteiger partial charge in [0.2, 0.25) is 5.82 Å². The molecule has 164 valence electrons. The summed E-state index contributed by atoms with van der Waals surface area (Å²) >= 11 is 0. The minimum absolute atomic E-state index is 0.0813. The van der Waals surface area contributed by atoms with Gasteiger partial charge >= 0.3 is 0 Å². The van der Waals surface area contributed by atoms with Crippen LogP contribution in [-0.2, 0) is 0 Å². The molecule has 0 spiro atoms. The predicted octanol–water partition coefficient (Wildman–Crippen LogP) is 5.24. The second kappa shape index (κ2) is 8.23. The van der Waals surface area contributed by atoms with Crippen molar-refractivity contribution in [1.82, 2.24) is 20.1 Å². The molecule has 1 saturated heterocycles. The van der Waals surface area contributed by atoms with E-state index in [1.165, 1.54) is 18.3 Å². The van der Waals surface area contributed by atoms with E-state index in [9.17, 15) is 17.6 Å². The van der Waals surface area contributed by atoms with Crippen LogP contribution in [0.15, 0.2) is 48.8 Å². The Labute approximate surface area is 180 Å². The second-order valence-electron chi connectivity index (χ2n) is 7.65. The SMILES string of the molecule is Fc1cc(F)c(F)c(Oc2ccc(-n3nc(C4CCCNC4)c4c(F)cncc43)cc2)c1. The number of benzene rings is 2. The number of rotatable bonds is 4. The fourth-order valence-corrected chi connectivity index (χ4v) is 4.01. The summed E-state index contributed by atoms with van der Waals surface area (Å²) in [5.74, 6) is -4.29. The van der Waals surface area contributed by atoms with Crippen LogP contribution in [0.4, 0.5) is 17.6 Å². The van der Waals surface area contributed by atoms with Crippen LogP contribution in [0, 0.1) is 23.3 Å². The molecule has 5 rings (SSSR count). The Morgan fingerprint density at radius 1 is 1.00 bits per heavy atom. The van der Waals surface area contributed by atoms with E-state index in [-0.39, 0.29) is 11.7 Å². The average molecular weight is 442 g/mol. The number of piperidine rings is 1. The van der Waals surface area contributed by atoms with Gasteiger partial charge in [-0.05, 0) is 43.7 Å². The predicted molar refractivity (Wildman–Crippen MR) is 110 cm³/mol. The molecule has 1 aliphatic heterocycles. The standard InChI is InChI=1S/C23H18F4N4O/c24-14-8-17(25)22(27)20(9-14)32-16-5-3-15(4-6-16)31-19-12-29-11-18(26)21(19)23(30-31)13-2-1-7-28-10-13/h3-6,8-9,11-13,28H,1-2,7,10H2. The highest BCUT2D eigenvalue weighted by atomic mass is 19.2. The van der Waals surface area contributed by atoms with Crippen LogP contribution in [0.3, 0.4) is 0 Å². The number of nitrogens with one attached hydrogen (secondary N) is 1. The van der Waals surface area contributed by atoms with Crippen molar-refractivity contribution in [1.29, 1.82) is 0 Å². The summed E-state index contributed by atoms with van der Waals surface area (Å²) in [5, 5.41) is 8.45. The molecule has 1 unspecified atom stereocenters. The smallest absolute Gasteiger partial charge is 0.201 e. The third-order valence-corrected chi connectivity index (χ3v) is 5.52. The molecule has 4 aromatic rings. The molecule has 32 heavy (non-hydrogen) atoms. The van der Waals surface area contributed by atoms with Gasteiger partial charge in [0.15, 0.2) is 17.4 Å². The Morgan fingerprint density at radius 2 is 1.81 bits per heavy atom. The molecule has 1 fully saturated rings. The zero-order valence-electron chi connectivity index (χ0n) is 16.8. The molecule has 1 N–H and O–H groups in total. The van der Waals surface area contributed by atoms with Gasteiger partial charge in [-0.2, -0.15) is 9.49 Å². The second-order valence-corrected chi connectivity index (χ2v) is 7.65. The van der Waals surface area contributed by atoms with Crippen LogP contribution >= 0.6 is 0 Å². The highest BCUT2D eigenvalue weighted by Crippen LogP contribution is 2.33. The molecule has 9 heteroatoms. The summed E-state index contributed by atoms with van der Waals surface area (Å²) in [6.07, 6.45) is 4.62. The first-order valence-electron chi connectivity index (χ1n) is 10.2. The van der Waals surface area contributed by atoms with Crippen LogP contribution in [0.1, 0.15) is 24.5 Å². The Bertz CT molecular complexity index is 1280. The van der Waals surface area contributed by atoms with Crippen molar-refractivity contribution in [2.75, 3.05) is 13.1 Å². The van der Waals surface area contributed by atoms with Crippen molar-refractivity contribution < 1.29 is 22.3 Å². The van der Waals surface area contributed by atoms with E-state index in [4.69, 9.17) is 9.84 Å².